The van der Waals surface area contributed by atoms with Crippen molar-refractivity contribution in [1.29, 1.82) is 0 Å². The van der Waals surface area contributed by atoms with E-state index >= 15 is 0 Å². The van der Waals surface area contributed by atoms with E-state index in [4.69, 9.17) is 0 Å². The van der Waals surface area contributed by atoms with Gasteiger partial charge < -0.3 is 9.13 Å². The molecular weight excluding hydrogens is 650 g/mol. The summed E-state index contributed by atoms with van der Waals surface area (Å²) in [5.74, 6) is 0. The summed E-state index contributed by atoms with van der Waals surface area (Å²) < 4.78 is 5.29. The summed E-state index contributed by atoms with van der Waals surface area (Å²) >= 11 is 0. The lowest BCUT2D eigenvalue weighted by Gasteiger charge is -2.31. The van der Waals surface area contributed by atoms with Crippen LogP contribution in [-0.4, -0.2) is 22.6 Å². The molecule has 15 rings (SSSR count). The van der Waals surface area contributed by atoms with Crippen LogP contribution in [0, 0.1) is 0 Å². The Hall–Kier alpha value is -6.77. The largest absolute Gasteiger partial charge is 0.310 e. The van der Waals surface area contributed by atoms with Crippen LogP contribution < -0.4 is 32.8 Å². The SMILES string of the molecule is c1ccc2c(c1)B1c3cc4c(cc3-n3c5cc6ccccc6cc5c5ccc-2c1c53)B1c2ccccc2-c2ccc3c5cc6ccccc6cc5n-4c3c21. The van der Waals surface area contributed by atoms with Crippen molar-refractivity contribution >= 4 is 111 Å². The first-order valence-corrected chi connectivity index (χ1v) is 19.2. The van der Waals surface area contributed by atoms with Crippen molar-refractivity contribution in [3.8, 4) is 33.6 Å². The van der Waals surface area contributed by atoms with E-state index in [-0.39, 0.29) is 13.4 Å². The molecule has 9 aromatic carbocycles. The third-order valence-electron chi connectivity index (χ3n) is 13.7. The van der Waals surface area contributed by atoms with Crippen LogP contribution in [0.25, 0.3) is 98.8 Å². The predicted molar refractivity (Wildman–Crippen MR) is 230 cm³/mol. The van der Waals surface area contributed by atoms with E-state index in [2.05, 4.69) is 167 Å². The number of nitrogens with zero attached hydrogens (tertiary/aromatic N) is 2. The van der Waals surface area contributed by atoms with Gasteiger partial charge in [0.1, 0.15) is 0 Å². The lowest BCUT2D eigenvalue weighted by molar-refractivity contribution is 1.16. The molecule has 0 saturated heterocycles. The van der Waals surface area contributed by atoms with E-state index < -0.39 is 0 Å². The molecule has 0 amide bonds. The van der Waals surface area contributed by atoms with Crippen LogP contribution in [0.5, 0.6) is 0 Å². The molecule has 0 unspecified atom stereocenters. The van der Waals surface area contributed by atoms with Gasteiger partial charge in [0.15, 0.2) is 0 Å². The van der Waals surface area contributed by atoms with Gasteiger partial charge in [-0.1, -0.05) is 132 Å². The Balaban J connectivity index is 1.16. The predicted octanol–water partition coefficient (Wildman–Crippen LogP) is 7.81. The Kier molecular flexibility index (Phi) is 4.42. The number of rotatable bonds is 0. The molecule has 0 radical (unpaired) electrons. The first-order chi connectivity index (χ1) is 26.8. The maximum atomic E-state index is 2.65. The van der Waals surface area contributed by atoms with Crippen LogP contribution in [0.4, 0.5) is 0 Å². The molecule has 4 aliphatic rings. The minimum absolute atomic E-state index is 0.160. The van der Waals surface area contributed by atoms with Gasteiger partial charge in [-0.3, -0.25) is 0 Å². The minimum Gasteiger partial charge on any atom is -0.310 e. The van der Waals surface area contributed by atoms with Crippen molar-refractivity contribution < 1.29 is 0 Å². The lowest BCUT2D eigenvalue weighted by atomic mass is 9.35. The van der Waals surface area contributed by atoms with Gasteiger partial charge in [-0.2, -0.15) is 0 Å². The normalized spacial score (nSPS) is 13.9. The quantitative estimate of drug-likeness (QED) is 0.145. The van der Waals surface area contributed by atoms with Crippen LogP contribution >= 0.6 is 0 Å². The van der Waals surface area contributed by atoms with E-state index in [1.165, 1.54) is 132 Å². The average molecular weight is 676 g/mol. The highest BCUT2D eigenvalue weighted by atomic mass is 15.0. The van der Waals surface area contributed by atoms with Gasteiger partial charge in [-0.15, -0.1) is 0 Å². The zero-order valence-corrected chi connectivity index (χ0v) is 29.1. The number of aromatic nitrogens is 2. The monoisotopic (exact) mass is 676 g/mol. The van der Waals surface area contributed by atoms with Crippen molar-refractivity contribution in [2.24, 2.45) is 0 Å². The van der Waals surface area contributed by atoms with Gasteiger partial charge in [0.05, 0.1) is 11.0 Å². The lowest BCUT2D eigenvalue weighted by Crippen LogP contribution is -2.57. The van der Waals surface area contributed by atoms with Crippen LogP contribution in [0.2, 0.25) is 0 Å². The molecular formula is C50H26B2N2. The molecule has 0 N–H and O–H groups in total. The topological polar surface area (TPSA) is 9.86 Å². The molecule has 242 valence electrons. The molecule has 4 aliphatic heterocycles. The summed E-state index contributed by atoms with van der Waals surface area (Å²) in [5.41, 5.74) is 22.0. The molecule has 0 atom stereocenters. The van der Waals surface area contributed by atoms with E-state index in [1.54, 1.807) is 0 Å². The Morgan fingerprint density at radius 1 is 0.315 bits per heavy atom. The zero-order valence-electron chi connectivity index (χ0n) is 29.1. The Morgan fingerprint density at radius 3 is 1.19 bits per heavy atom. The summed E-state index contributed by atoms with van der Waals surface area (Å²) in [6.07, 6.45) is 0. The highest BCUT2D eigenvalue weighted by molar-refractivity contribution is 7.03. The van der Waals surface area contributed by atoms with Gasteiger partial charge >= 0.3 is 0 Å². The fraction of sp³-hybridized carbons (Fsp3) is 0. The maximum absolute atomic E-state index is 2.65. The van der Waals surface area contributed by atoms with Crippen LogP contribution in [0.3, 0.4) is 0 Å². The second-order valence-electron chi connectivity index (χ2n) is 16.0. The molecule has 6 heterocycles. The molecule has 0 spiro atoms. The molecule has 2 nitrogen and oxygen atoms in total. The van der Waals surface area contributed by atoms with Crippen LogP contribution in [-0.2, 0) is 0 Å². The summed E-state index contributed by atoms with van der Waals surface area (Å²) in [6.45, 7) is 0.321. The number of hydrogen-bond acceptors (Lipinski definition) is 0. The zero-order chi connectivity index (χ0) is 34.6. The smallest absolute Gasteiger partial charge is 0.248 e. The van der Waals surface area contributed by atoms with E-state index in [9.17, 15) is 0 Å². The van der Waals surface area contributed by atoms with Crippen molar-refractivity contribution in [3.05, 3.63) is 158 Å². The Bertz CT molecular complexity index is 3400. The van der Waals surface area contributed by atoms with E-state index in [1.807, 2.05) is 0 Å². The first-order valence-electron chi connectivity index (χ1n) is 19.2. The third kappa shape index (κ3) is 2.88. The molecule has 4 heteroatoms. The van der Waals surface area contributed by atoms with Crippen LogP contribution in [0.1, 0.15) is 0 Å². The fourth-order valence-electron chi connectivity index (χ4n) is 11.6. The molecule has 0 saturated carbocycles. The number of fused-ring (bicyclic) bond motifs is 20. The minimum atomic E-state index is 0.160. The average Bonchev–Trinajstić information content (AvgIpc) is 3.94. The maximum Gasteiger partial charge on any atom is 0.248 e. The molecule has 0 bridgehead atoms. The molecule has 11 aromatic rings. The Labute approximate surface area is 310 Å². The number of hydrogen-bond donors (Lipinski definition) is 0. The van der Waals surface area contributed by atoms with Gasteiger partial charge in [-0.05, 0) is 102 Å². The van der Waals surface area contributed by atoms with Gasteiger partial charge in [-0.25, -0.2) is 0 Å². The highest BCUT2D eigenvalue weighted by Gasteiger charge is 2.45. The summed E-state index contributed by atoms with van der Waals surface area (Å²) in [7, 11) is 0. The molecule has 54 heavy (non-hydrogen) atoms. The summed E-state index contributed by atoms with van der Waals surface area (Å²) in [5, 5.41) is 10.5. The first kappa shape index (κ1) is 26.9. The third-order valence-corrected chi connectivity index (χ3v) is 13.7. The van der Waals surface area contributed by atoms with Gasteiger partial charge in [0.2, 0.25) is 13.4 Å². The van der Waals surface area contributed by atoms with Crippen LogP contribution in [0.15, 0.2) is 158 Å². The van der Waals surface area contributed by atoms with Crippen molar-refractivity contribution in [2.75, 3.05) is 0 Å². The fourth-order valence-corrected chi connectivity index (χ4v) is 11.6. The Morgan fingerprint density at radius 2 is 0.722 bits per heavy atom. The van der Waals surface area contributed by atoms with Crippen molar-refractivity contribution in [3.63, 3.8) is 0 Å². The van der Waals surface area contributed by atoms with Crippen molar-refractivity contribution in [2.45, 2.75) is 0 Å². The van der Waals surface area contributed by atoms with Gasteiger partial charge in [0, 0.05) is 44.0 Å². The second kappa shape index (κ2) is 8.87. The van der Waals surface area contributed by atoms with Crippen molar-refractivity contribution in [1.82, 2.24) is 9.13 Å². The molecule has 2 aromatic heterocycles. The summed E-state index contributed by atoms with van der Waals surface area (Å²) in [6, 6.07) is 60.6. The molecule has 0 aliphatic carbocycles. The standard InChI is InChI=1S/C50H26B2N2/c1-3-11-29-23-43-37(21-27(29)9-1)35-19-17-33-31-13-5-7-15-39(31)51-41-26-46-42(25-45(41)53(43)49(35)47(33)51)52-40-16-8-6-14-32(40)34-18-20-36-38-22-28-10-2-4-12-30(28)24-44(38)54(46)50(36)48(34)52/h1-26H. The van der Waals surface area contributed by atoms with E-state index in [0.717, 1.165) is 0 Å². The summed E-state index contributed by atoms with van der Waals surface area (Å²) in [4.78, 5) is 0. The van der Waals surface area contributed by atoms with Gasteiger partial charge in [0.25, 0.3) is 0 Å². The number of benzene rings is 9. The second-order valence-corrected chi connectivity index (χ2v) is 16.0. The highest BCUT2D eigenvalue weighted by Crippen LogP contribution is 2.43. The molecule has 0 fully saturated rings. The van der Waals surface area contributed by atoms with E-state index in [0.29, 0.717) is 0 Å².